The normalized spacial score (nSPS) is 10.7. The molecule has 0 radical (unpaired) electrons. The number of nitrogens with zero attached hydrogens (tertiary/aromatic N) is 1. The number of benzene rings is 2. The van der Waals surface area contributed by atoms with Crippen LogP contribution in [0.15, 0.2) is 51.9 Å². The largest absolute Gasteiger partial charge is 0.497 e. The van der Waals surface area contributed by atoms with Crippen LogP contribution in [0.25, 0.3) is 0 Å². The maximum absolute atomic E-state index is 11.6. The van der Waals surface area contributed by atoms with E-state index in [0.29, 0.717) is 12.2 Å². The lowest BCUT2D eigenvalue weighted by Gasteiger charge is -2.03. The summed E-state index contributed by atoms with van der Waals surface area (Å²) in [6.45, 7) is 2.15. The molecule has 0 heterocycles. The van der Waals surface area contributed by atoms with Gasteiger partial charge in [-0.05, 0) is 55.0 Å². The molecule has 0 saturated heterocycles. The van der Waals surface area contributed by atoms with Crippen LogP contribution in [-0.4, -0.2) is 25.9 Å². The number of halogens is 1. The number of hydrogen-bond donors (Lipinski definition) is 0. The van der Waals surface area contributed by atoms with Crippen LogP contribution in [0.2, 0.25) is 0 Å². The van der Waals surface area contributed by atoms with E-state index in [9.17, 15) is 4.79 Å². The number of carbonyl (C=O) groups excluding carboxylic acids is 1. The molecule has 0 spiro atoms. The van der Waals surface area contributed by atoms with E-state index in [4.69, 9.17) is 9.47 Å². The molecule has 0 aliphatic heterocycles. The lowest BCUT2D eigenvalue weighted by Crippen LogP contribution is -2.03. The van der Waals surface area contributed by atoms with Crippen molar-refractivity contribution >= 4 is 33.8 Å². The zero-order chi connectivity index (χ0) is 15.9. The van der Waals surface area contributed by atoms with Crippen LogP contribution in [0.5, 0.6) is 5.75 Å². The Hall–Kier alpha value is -2.14. The number of rotatable bonds is 5. The monoisotopic (exact) mass is 361 g/mol. The van der Waals surface area contributed by atoms with Crippen molar-refractivity contribution < 1.29 is 14.3 Å². The van der Waals surface area contributed by atoms with Crippen LogP contribution in [0.4, 0.5) is 5.69 Å². The fraction of sp³-hybridized carbons (Fsp3) is 0.176. The van der Waals surface area contributed by atoms with E-state index in [1.807, 2.05) is 18.2 Å². The van der Waals surface area contributed by atoms with Crippen molar-refractivity contribution in [3.63, 3.8) is 0 Å². The fourth-order valence-corrected chi connectivity index (χ4v) is 2.31. The Morgan fingerprint density at radius 3 is 2.59 bits per heavy atom. The summed E-state index contributed by atoms with van der Waals surface area (Å²) < 4.78 is 11.1. The second kappa shape index (κ2) is 7.75. The molecule has 0 atom stereocenters. The molecule has 0 N–H and O–H groups in total. The molecular weight excluding hydrogens is 346 g/mol. The highest BCUT2D eigenvalue weighted by atomic mass is 79.9. The van der Waals surface area contributed by atoms with Gasteiger partial charge in [0.05, 0.1) is 25.0 Å². The van der Waals surface area contributed by atoms with Crippen LogP contribution in [0.1, 0.15) is 22.8 Å². The molecule has 5 heteroatoms. The minimum absolute atomic E-state index is 0.324. The summed E-state index contributed by atoms with van der Waals surface area (Å²) in [5, 5.41) is 0. The van der Waals surface area contributed by atoms with E-state index < -0.39 is 0 Å². The van der Waals surface area contributed by atoms with Crippen molar-refractivity contribution in [3.8, 4) is 5.75 Å². The predicted molar refractivity (Wildman–Crippen MR) is 90.3 cm³/mol. The second-order valence-electron chi connectivity index (χ2n) is 4.45. The minimum atomic E-state index is -0.324. The van der Waals surface area contributed by atoms with Gasteiger partial charge in [0.15, 0.2) is 0 Å². The third-order valence-corrected chi connectivity index (χ3v) is 3.33. The van der Waals surface area contributed by atoms with Gasteiger partial charge in [0.2, 0.25) is 0 Å². The van der Waals surface area contributed by atoms with Crippen LogP contribution in [0, 0.1) is 0 Å². The van der Waals surface area contributed by atoms with E-state index in [2.05, 4.69) is 20.9 Å². The van der Waals surface area contributed by atoms with E-state index in [0.717, 1.165) is 21.5 Å². The molecule has 0 amide bonds. The number of carbonyl (C=O) groups is 1. The van der Waals surface area contributed by atoms with Gasteiger partial charge in [-0.2, -0.15) is 0 Å². The average molecular weight is 362 g/mol. The van der Waals surface area contributed by atoms with Gasteiger partial charge in [0, 0.05) is 10.7 Å². The van der Waals surface area contributed by atoms with Crippen molar-refractivity contribution in [2.24, 2.45) is 4.99 Å². The van der Waals surface area contributed by atoms with Crippen LogP contribution >= 0.6 is 15.9 Å². The molecule has 0 aromatic heterocycles. The molecular formula is C17H16BrNO3. The Morgan fingerprint density at radius 2 is 1.95 bits per heavy atom. The van der Waals surface area contributed by atoms with Gasteiger partial charge >= 0.3 is 5.97 Å². The molecule has 2 rings (SSSR count). The number of methoxy groups -OCH3 is 1. The third-order valence-electron chi connectivity index (χ3n) is 2.87. The van der Waals surface area contributed by atoms with Crippen molar-refractivity contribution in [3.05, 3.63) is 58.1 Å². The number of ether oxygens (including phenoxy) is 2. The number of hydrogen-bond acceptors (Lipinski definition) is 4. The summed E-state index contributed by atoms with van der Waals surface area (Å²) in [7, 11) is 1.62. The van der Waals surface area contributed by atoms with E-state index in [1.54, 1.807) is 44.5 Å². The predicted octanol–water partition coefficient (Wildman–Crippen LogP) is 4.39. The Bertz CT molecular complexity index is 681. The Labute approximate surface area is 137 Å². The minimum Gasteiger partial charge on any atom is -0.497 e. The first-order chi connectivity index (χ1) is 10.6. The maximum atomic E-state index is 11.6. The summed E-state index contributed by atoms with van der Waals surface area (Å²) in [5.74, 6) is 0.434. The third kappa shape index (κ3) is 4.43. The zero-order valence-corrected chi connectivity index (χ0v) is 14.0. The number of esters is 1. The highest BCUT2D eigenvalue weighted by Crippen LogP contribution is 2.21. The molecule has 0 saturated carbocycles. The molecule has 0 unspecified atom stereocenters. The summed E-state index contributed by atoms with van der Waals surface area (Å²) in [6, 6.07) is 12.7. The highest BCUT2D eigenvalue weighted by molar-refractivity contribution is 9.10. The standard InChI is InChI=1S/C17H16BrNO3/c1-3-22-17(20)13-4-6-15(7-5-13)19-11-12-8-14(18)10-16(9-12)21-2/h4-11H,3H2,1-2H3/b19-11+. The van der Waals surface area contributed by atoms with Gasteiger partial charge in [-0.25, -0.2) is 4.79 Å². The average Bonchev–Trinajstić information content (AvgIpc) is 2.53. The summed E-state index contributed by atoms with van der Waals surface area (Å²) in [6.07, 6.45) is 1.74. The van der Waals surface area contributed by atoms with Crippen molar-refractivity contribution in [1.29, 1.82) is 0 Å². The van der Waals surface area contributed by atoms with Crippen LogP contribution in [-0.2, 0) is 4.74 Å². The molecule has 2 aromatic rings. The van der Waals surface area contributed by atoms with Gasteiger partial charge in [0.1, 0.15) is 5.75 Å². The lowest BCUT2D eigenvalue weighted by atomic mass is 10.2. The molecule has 0 bridgehead atoms. The van der Waals surface area contributed by atoms with Crippen molar-refractivity contribution in [2.45, 2.75) is 6.92 Å². The molecule has 4 nitrogen and oxygen atoms in total. The summed E-state index contributed by atoms with van der Waals surface area (Å²) >= 11 is 3.43. The SMILES string of the molecule is CCOC(=O)c1ccc(/N=C/c2cc(Br)cc(OC)c2)cc1. The van der Waals surface area contributed by atoms with E-state index in [1.165, 1.54) is 0 Å². The smallest absolute Gasteiger partial charge is 0.338 e. The first-order valence-electron chi connectivity index (χ1n) is 6.78. The quantitative estimate of drug-likeness (QED) is 0.586. The maximum Gasteiger partial charge on any atom is 0.338 e. The highest BCUT2D eigenvalue weighted by Gasteiger charge is 2.05. The first kappa shape index (κ1) is 16.2. The van der Waals surface area contributed by atoms with Crippen molar-refractivity contribution in [2.75, 3.05) is 13.7 Å². The Kier molecular flexibility index (Phi) is 5.72. The van der Waals surface area contributed by atoms with E-state index >= 15 is 0 Å². The van der Waals surface area contributed by atoms with Gasteiger partial charge in [-0.1, -0.05) is 15.9 Å². The Balaban J connectivity index is 2.13. The van der Waals surface area contributed by atoms with E-state index in [-0.39, 0.29) is 5.97 Å². The molecule has 114 valence electrons. The molecule has 0 aliphatic rings. The first-order valence-corrected chi connectivity index (χ1v) is 7.57. The van der Waals surface area contributed by atoms with Gasteiger partial charge in [0.25, 0.3) is 0 Å². The molecule has 2 aromatic carbocycles. The molecule has 22 heavy (non-hydrogen) atoms. The Morgan fingerprint density at radius 1 is 1.23 bits per heavy atom. The summed E-state index contributed by atoms with van der Waals surface area (Å²) in [5.41, 5.74) is 2.19. The zero-order valence-electron chi connectivity index (χ0n) is 12.4. The summed E-state index contributed by atoms with van der Waals surface area (Å²) in [4.78, 5) is 15.9. The topological polar surface area (TPSA) is 47.9 Å². The van der Waals surface area contributed by atoms with Gasteiger partial charge in [-0.15, -0.1) is 0 Å². The van der Waals surface area contributed by atoms with Crippen LogP contribution in [0.3, 0.4) is 0 Å². The van der Waals surface area contributed by atoms with Gasteiger partial charge in [-0.3, -0.25) is 4.99 Å². The van der Waals surface area contributed by atoms with Gasteiger partial charge < -0.3 is 9.47 Å². The molecule has 0 aliphatic carbocycles. The molecule has 0 fully saturated rings. The second-order valence-corrected chi connectivity index (χ2v) is 5.37. The number of aliphatic imine (C=N–C) groups is 1. The van der Waals surface area contributed by atoms with Crippen LogP contribution < -0.4 is 4.74 Å². The fourth-order valence-electron chi connectivity index (χ4n) is 1.82. The lowest BCUT2D eigenvalue weighted by molar-refractivity contribution is 0.0526. The van der Waals surface area contributed by atoms with Crippen molar-refractivity contribution in [1.82, 2.24) is 0 Å².